The fraction of sp³-hybridized carbons (Fsp3) is 0.174. The van der Waals surface area contributed by atoms with E-state index >= 15 is 0 Å². The first-order chi connectivity index (χ1) is 30.1. The van der Waals surface area contributed by atoms with Crippen LogP contribution in [0.3, 0.4) is 0 Å². The molecule has 0 spiro atoms. The number of hydrogen-bond donors (Lipinski definition) is 2. The number of carbonyl (C=O) groups is 2. The minimum absolute atomic E-state index is 0.0394. The van der Waals surface area contributed by atoms with Crippen molar-refractivity contribution in [3.63, 3.8) is 0 Å². The zero-order valence-corrected chi connectivity index (χ0v) is 34.1. The van der Waals surface area contributed by atoms with Gasteiger partial charge in [-0.2, -0.15) is 10.5 Å². The molecule has 8 aromatic rings. The summed E-state index contributed by atoms with van der Waals surface area (Å²) in [5.74, 6) is -0.455. The first-order valence-corrected chi connectivity index (χ1v) is 19.4. The first kappa shape index (κ1) is 40.6. The Morgan fingerprint density at radius 3 is 1.44 bits per heavy atom. The van der Waals surface area contributed by atoms with Gasteiger partial charge in [0.25, 0.3) is 0 Å². The summed E-state index contributed by atoms with van der Waals surface area (Å²) in [7, 11) is 7.85. The molecule has 0 aliphatic heterocycles. The lowest BCUT2D eigenvalue weighted by molar-refractivity contribution is -0.131. The van der Waals surface area contributed by atoms with E-state index in [-0.39, 0.29) is 11.8 Å². The molecule has 0 aliphatic carbocycles. The smallest absolute Gasteiger partial charge is 0.337 e. The number of aromatic nitrogens is 6. The zero-order chi connectivity index (χ0) is 43.3. The van der Waals surface area contributed by atoms with Crippen LogP contribution in [0.1, 0.15) is 11.1 Å². The fourth-order valence-electron chi connectivity index (χ4n) is 6.85. The maximum Gasteiger partial charge on any atom is 0.337 e. The molecule has 0 amide bonds. The highest BCUT2D eigenvalue weighted by Crippen LogP contribution is 2.42. The predicted molar refractivity (Wildman–Crippen MR) is 232 cm³/mol. The Balaban J connectivity index is 1.08. The van der Waals surface area contributed by atoms with Crippen molar-refractivity contribution < 1.29 is 28.5 Å². The van der Waals surface area contributed by atoms with Crippen LogP contribution in [0.2, 0.25) is 0 Å². The number of ether oxygens (including phenoxy) is 4. The van der Waals surface area contributed by atoms with Gasteiger partial charge in [-0.15, -0.1) is 0 Å². The van der Waals surface area contributed by atoms with Gasteiger partial charge in [0.2, 0.25) is 11.8 Å². The molecule has 0 atom stereocenters. The third kappa shape index (κ3) is 8.59. The molecule has 16 heteroatoms. The van der Waals surface area contributed by atoms with Crippen molar-refractivity contribution in [3.05, 3.63) is 109 Å². The number of fused-ring (bicyclic) bond motifs is 4. The average molecular weight is 827 g/mol. The number of rotatable bonds is 14. The molecule has 62 heavy (non-hydrogen) atoms. The van der Waals surface area contributed by atoms with Crippen LogP contribution in [-0.4, -0.2) is 106 Å². The van der Waals surface area contributed by atoms with Gasteiger partial charge in [0.05, 0.1) is 56.8 Å². The molecule has 308 valence electrons. The predicted octanol–water partition coefficient (Wildman–Crippen LogP) is 6.56. The molecule has 0 radical (unpaired) electrons. The van der Waals surface area contributed by atoms with Crippen molar-refractivity contribution in [3.8, 4) is 57.9 Å². The second kappa shape index (κ2) is 17.6. The van der Waals surface area contributed by atoms with Crippen molar-refractivity contribution in [2.45, 2.75) is 0 Å². The number of nitriles is 2. The Kier molecular flexibility index (Phi) is 11.5. The van der Waals surface area contributed by atoms with Crippen LogP contribution in [0.5, 0.6) is 23.3 Å². The van der Waals surface area contributed by atoms with Crippen LogP contribution in [0.4, 0.5) is 0 Å². The van der Waals surface area contributed by atoms with Gasteiger partial charge in [0.15, 0.2) is 0 Å². The second-order valence-electron chi connectivity index (χ2n) is 14.7. The minimum atomic E-state index is -0.897. The van der Waals surface area contributed by atoms with E-state index in [1.165, 1.54) is 12.7 Å². The van der Waals surface area contributed by atoms with Crippen LogP contribution in [0.25, 0.3) is 66.1 Å². The van der Waals surface area contributed by atoms with E-state index in [0.29, 0.717) is 102 Å². The van der Waals surface area contributed by atoms with E-state index in [0.717, 1.165) is 25.2 Å². The number of hydrogen-bond acceptors (Lipinski definition) is 14. The molecule has 16 nitrogen and oxygen atoms in total. The van der Waals surface area contributed by atoms with Gasteiger partial charge in [0, 0.05) is 70.0 Å². The maximum atomic E-state index is 13.5. The number of benzene rings is 4. The summed E-state index contributed by atoms with van der Waals surface area (Å²) < 4.78 is 23.5. The summed E-state index contributed by atoms with van der Waals surface area (Å²) in [6.45, 7) is 2.43. The lowest BCUT2D eigenvalue weighted by atomic mass is 10.0. The van der Waals surface area contributed by atoms with Gasteiger partial charge >= 0.3 is 11.9 Å². The molecule has 0 aliphatic rings. The number of esters is 2. The molecule has 0 saturated carbocycles. The van der Waals surface area contributed by atoms with Gasteiger partial charge in [-0.3, -0.25) is 0 Å². The summed E-state index contributed by atoms with van der Waals surface area (Å²) in [5, 5.41) is 21.9. The highest BCUT2D eigenvalue weighted by atomic mass is 16.5. The molecule has 0 saturated heterocycles. The van der Waals surface area contributed by atoms with Crippen LogP contribution >= 0.6 is 0 Å². The zero-order valence-electron chi connectivity index (χ0n) is 34.1. The molecule has 4 heterocycles. The molecule has 8 rings (SSSR count). The number of carbonyl (C=O) groups excluding carboxylic acids is 2. The number of nitrogens with one attached hydrogen (secondary N) is 2. The summed E-state index contributed by atoms with van der Waals surface area (Å²) in [5.41, 5.74) is 4.83. The fourth-order valence-corrected chi connectivity index (χ4v) is 6.85. The first-order valence-electron chi connectivity index (χ1n) is 19.4. The lowest BCUT2D eigenvalue weighted by Crippen LogP contribution is -2.19. The minimum Gasteiger partial charge on any atom is -0.492 e. The van der Waals surface area contributed by atoms with Crippen molar-refractivity contribution in [2.75, 3.05) is 54.5 Å². The number of aromatic amines is 2. The molecular formula is C46H38N10O6. The van der Waals surface area contributed by atoms with E-state index in [1.807, 2.05) is 62.3 Å². The van der Waals surface area contributed by atoms with Crippen LogP contribution < -0.4 is 18.9 Å². The van der Waals surface area contributed by atoms with Gasteiger partial charge < -0.3 is 38.7 Å². The summed E-state index contributed by atoms with van der Waals surface area (Å²) in [6, 6.07) is 25.2. The van der Waals surface area contributed by atoms with Crippen LogP contribution in [0, 0.1) is 22.7 Å². The van der Waals surface area contributed by atoms with Gasteiger partial charge in [0.1, 0.15) is 37.4 Å². The van der Waals surface area contributed by atoms with E-state index < -0.39 is 11.9 Å². The summed E-state index contributed by atoms with van der Waals surface area (Å²) in [4.78, 5) is 55.3. The molecule has 0 unspecified atom stereocenters. The average Bonchev–Trinajstić information content (AvgIpc) is 3.80. The van der Waals surface area contributed by atoms with Crippen molar-refractivity contribution in [2.24, 2.45) is 0 Å². The second-order valence-corrected chi connectivity index (χ2v) is 14.7. The molecule has 4 aromatic carbocycles. The van der Waals surface area contributed by atoms with Crippen molar-refractivity contribution in [1.82, 2.24) is 39.7 Å². The quantitative estimate of drug-likeness (QED) is 0.0879. The number of nitrogens with zero attached hydrogens (tertiary/aromatic N) is 8. The Morgan fingerprint density at radius 1 is 0.597 bits per heavy atom. The molecular weight excluding hydrogens is 789 g/mol. The van der Waals surface area contributed by atoms with Gasteiger partial charge in [-0.1, -0.05) is 0 Å². The Labute approximate surface area is 354 Å². The number of likely N-dealkylation sites (N-methyl/N-ethyl adjacent to an activating group) is 2. The Bertz CT molecular complexity index is 2930. The highest BCUT2D eigenvalue weighted by Gasteiger charge is 2.23. The normalized spacial score (nSPS) is 11.5. The summed E-state index contributed by atoms with van der Waals surface area (Å²) in [6.07, 6.45) is 4.70. The third-order valence-electron chi connectivity index (χ3n) is 9.85. The van der Waals surface area contributed by atoms with E-state index in [9.17, 15) is 20.1 Å². The van der Waals surface area contributed by atoms with Gasteiger partial charge in [-0.05, 0) is 88.9 Å². The van der Waals surface area contributed by atoms with Crippen LogP contribution in [-0.2, 0) is 9.59 Å². The molecule has 4 aromatic heterocycles. The maximum absolute atomic E-state index is 13.5. The Hall–Kier alpha value is -8.18. The largest absolute Gasteiger partial charge is 0.492 e. The van der Waals surface area contributed by atoms with Gasteiger partial charge in [-0.25, -0.2) is 29.5 Å². The third-order valence-corrected chi connectivity index (χ3v) is 9.85. The molecule has 0 bridgehead atoms. The highest BCUT2D eigenvalue weighted by molar-refractivity contribution is 6.08. The molecule has 0 fully saturated rings. The standard InChI is InChI=1S/C46H38N10O6/c1-55(2)15-17-59-29-7-9-31-37(21-29)49-25-51-43(31)41-33-19-27(23-47)5-11-35(33)53-45(41)61-39(57)13-14-40(58)62-46-42(34-20-28(24-48)6-12-36(34)54-46)44-32-10-8-30(60-18-16-56(3)4)22-38(32)50-26-52-44/h5-14,19-22,25-26,53-54H,15-18H2,1-4H3/b14-13+. The SMILES string of the molecule is CN(C)CCOc1ccc2c(-c3c(OC(=O)/C=C/C(=O)Oc4[nH]c5ccc(C#N)cc5c4-c4ncnc5cc(OCCN(C)C)ccc45)[nH]c4ccc(C#N)cc34)ncnc2c1. The monoisotopic (exact) mass is 826 g/mol. The van der Waals surface area contributed by atoms with E-state index in [4.69, 9.17) is 18.9 Å². The topological polar surface area (TPSA) is 208 Å². The number of H-pyrrole nitrogens is 2. The molecule has 2 N–H and O–H groups in total. The van der Waals surface area contributed by atoms with Crippen molar-refractivity contribution in [1.29, 1.82) is 10.5 Å². The van der Waals surface area contributed by atoms with E-state index in [1.54, 1.807) is 48.5 Å². The lowest BCUT2D eigenvalue weighted by Gasteiger charge is -2.12. The van der Waals surface area contributed by atoms with Crippen LogP contribution in [0.15, 0.2) is 97.6 Å². The summed E-state index contributed by atoms with van der Waals surface area (Å²) >= 11 is 0. The Morgan fingerprint density at radius 2 is 1.03 bits per heavy atom. The van der Waals surface area contributed by atoms with E-state index in [2.05, 4.69) is 42.0 Å². The van der Waals surface area contributed by atoms with Crippen molar-refractivity contribution >= 4 is 55.6 Å².